The first-order chi connectivity index (χ1) is 8.66. The van der Waals surface area contributed by atoms with E-state index in [9.17, 15) is 9.90 Å². The van der Waals surface area contributed by atoms with Gasteiger partial charge in [0.15, 0.2) is 0 Å². The van der Waals surface area contributed by atoms with Crippen LogP contribution in [0.4, 0.5) is 0 Å². The molecule has 0 bridgehead atoms. The molecule has 5 heteroatoms. The normalized spacial score (nSPS) is 15.1. The van der Waals surface area contributed by atoms with Crippen molar-refractivity contribution in [3.05, 3.63) is 40.4 Å². The fourth-order valence-corrected chi connectivity index (χ4v) is 1.98. The van der Waals surface area contributed by atoms with E-state index in [0.29, 0.717) is 11.6 Å². The molecule has 1 aliphatic rings. The minimum atomic E-state index is -0.311. The third-order valence-electron chi connectivity index (χ3n) is 2.84. The molecule has 2 rings (SSSR count). The van der Waals surface area contributed by atoms with E-state index in [2.05, 4.69) is 16.7 Å². The van der Waals surface area contributed by atoms with Crippen LogP contribution in [0, 0.1) is 0 Å². The Balaban J connectivity index is 1.99. The average Bonchev–Trinajstić information content (AvgIpc) is 2.40. The molecule has 1 aliphatic heterocycles. The van der Waals surface area contributed by atoms with Gasteiger partial charge in [0, 0.05) is 18.1 Å². The number of carbonyl (C=O) groups is 1. The Morgan fingerprint density at radius 3 is 3.06 bits per heavy atom. The van der Waals surface area contributed by atoms with Crippen molar-refractivity contribution in [3.63, 3.8) is 0 Å². The average molecular weight is 267 g/mol. The van der Waals surface area contributed by atoms with E-state index in [1.54, 1.807) is 6.07 Å². The number of halogens is 1. The monoisotopic (exact) mass is 266 g/mol. The number of carbonyl (C=O) groups excluding carboxylic acids is 1. The number of hydrogen-bond donors (Lipinski definition) is 3. The Kier molecular flexibility index (Phi) is 4.23. The quantitative estimate of drug-likeness (QED) is 0.730. The maximum absolute atomic E-state index is 11.9. The molecule has 0 atom stereocenters. The van der Waals surface area contributed by atoms with E-state index in [0.717, 1.165) is 19.5 Å². The molecule has 0 fully saturated rings. The summed E-state index contributed by atoms with van der Waals surface area (Å²) in [5.74, 6) is -0.370. The molecule has 1 aromatic rings. The van der Waals surface area contributed by atoms with Crippen LogP contribution >= 0.6 is 11.6 Å². The van der Waals surface area contributed by atoms with Crippen molar-refractivity contribution < 1.29 is 9.90 Å². The maximum Gasteiger partial charge on any atom is 0.255 e. The minimum Gasteiger partial charge on any atom is -0.507 e. The molecule has 0 spiro atoms. The first-order valence-corrected chi connectivity index (χ1v) is 6.20. The highest BCUT2D eigenvalue weighted by Crippen LogP contribution is 2.21. The van der Waals surface area contributed by atoms with Gasteiger partial charge < -0.3 is 15.7 Å². The SMILES string of the molecule is O=C(NCC1=CCNCC1)c1cc(Cl)ccc1O. The molecule has 0 aliphatic carbocycles. The highest BCUT2D eigenvalue weighted by atomic mass is 35.5. The second-order valence-corrected chi connectivity index (χ2v) is 4.60. The molecule has 4 nitrogen and oxygen atoms in total. The predicted molar refractivity (Wildman–Crippen MR) is 71.0 cm³/mol. The first-order valence-electron chi connectivity index (χ1n) is 5.82. The van der Waals surface area contributed by atoms with E-state index in [1.165, 1.54) is 17.7 Å². The van der Waals surface area contributed by atoms with Crippen molar-refractivity contribution in [2.75, 3.05) is 19.6 Å². The lowest BCUT2D eigenvalue weighted by atomic mass is 10.1. The molecule has 96 valence electrons. The van der Waals surface area contributed by atoms with Crippen molar-refractivity contribution in [2.24, 2.45) is 0 Å². The van der Waals surface area contributed by atoms with Gasteiger partial charge in [-0.05, 0) is 31.2 Å². The Hall–Kier alpha value is -1.52. The van der Waals surface area contributed by atoms with Crippen molar-refractivity contribution in [1.29, 1.82) is 0 Å². The van der Waals surface area contributed by atoms with Crippen LogP contribution in [0.1, 0.15) is 16.8 Å². The summed E-state index contributed by atoms with van der Waals surface area (Å²) in [5, 5.41) is 16.0. The molecule has 18 heavy (non-hydrogen) atoms. The van der Waals surface area contributed by atoms with Crippen LogP contribution < -0.4 is 10.6 Å². The second kappa shape index (κ2) is 5.89. The number of phenolic OH excluding ortho intramolecular Hbond substituents is 1. The van der Waals surface area contributed by atoms with Crippen LogP contribution in [0.15, 0.2) is 29.8 Å². The van der Waals surface area contributed by atoms with Gasteiger partial charge in [-0.3, -0.25) is 4.79 Å². The molecule has 3 N–H and O–H groups in total. The lowest BCUT2D eigenvalue weighted by Gasteiger charge is -2.14. The van der Waals surface area contributed by atoms with Crippen molar-refractivity contribution in [2.45, 2.75) is 6.42 Å². The van der Waals surface area contributed by atoms with Gasteiger partial charge >= 0.3 is 0 Å². The summed E-state index contributed by atoms with van der Waals surface area (Å²) in [6.45, 7) is 2.28. The zero-order valence-corrected chi connectivity index (χ0v) is 10.6. The van der Waals surface area contributed by atoms with Crippen LogP contribution in [-0.4, -0.2) is 30.6 Å². The number of amides is 1. The van der Waals surface area contributed by atoms with Crippen molar-refractivity contribution >= 4 is 17.5 Å². The molecule has 0 unspecified atom stereocenters. The molecular weight excluding hydrogens is 252 g/mol. The lowest BCUT2D eigenvalue weighted by molar-refractivity contribution is 0.0954. The van der Waals surface area contributed by atoms with Gasteiger partial charge in [-0.15, -0.1) is 0 Å². The van der Waals surface area contributed by atoms with Gasteiger partial charge in [0.2, 0.25) is 0 Å². The summed E-state index contributed by atoms with van der Waals surface area (Å²) in [4.78, 5) is 11.9. The van der Waals surface area contributed by atoms with Gasteiger partial charge in [0.25, 0.3) is 5.91 Å². The zero-order chi connectivity index (χ0) is 13.0. The van der Waals surface area contributed by atoms with Crippen LogP contribution in [-0.2, 0) is 0 Å². The fraction of sp³-hybridized carbons (Fsp3) is 0.308. The van der Waals surface area contributed by atoms with Crippen molar-refractivity contribution in [1.82, 2.24) is 10.6 Å². The Morgan fingerprint density at radius 1 is 1.50 bits per heavy atom. The largest absolute Gasteiger partial charge is 0.507 e. The van der Waals surface area contributed by atoms with E-state index in [4.69, 9.17) is 11.6 Å². The molecule has 0 saturated heterocycles. The van der Waals surface area contributed by atoms with E-state index in [-0.39, 0.29) is 17.2 Å². The van der Waals surface area contributed by atoms with E-state index < -0.39 is 0 Å². The lowest BCUT2D eigenvalue weighted by Crippen LogP contribution is -2.29. The molecule has 1 amide bonds. The summed E-state index contributed by atoms with van der Waals surface area (Å²) in [6.07, 6.45) is 3.00. The van der Waals surface area contributed by atoms with Gasteiger partial charge in [0.05, 0.1) is 5.56 Å². The second-order valence-electron chi connectivity index (χ2n) is 4.16. The molecular formula is C13H15ClN2O2. The number of hydrogen-bond acceptors (Lipinski definition) is 3. The number of nitrogens with one attached hydrogen (secondary N) is 2. The molecule has 0 radical (unpaired) electrons. The zero-order valence-electron chi connectivity index (χ0n) is 9.87. The van der Waals surface area contributed by atoms with E-state index in [1.807, 2.05) is 0 Å². The van der Waals surface area contributed by atoms with Crippen LogP contribution in [0.25, 0.3) is 0 Å². The fourth-order valence-electron chi connectivity index (χ4n) is 1.81. The number of benzene rings is 1. The molecule has 1 heterocycles. The number of phenols is 1. The highest BCUT2D eigenvalue weighted by Gasteiger charge is 2.12. The molecule has 1 aromatic carbocycles. The first kappa shape index (κ1) is 12.9. The predicted octanol–water partition coefficient (Wildman–Crippen LogP) is 1.70. The number of rotatable bonds is 3. The molecule has 0 saturated carbocycles. The van der Waals surface area contributed by atoms with Gasteiger partial charge in [-0.1, -0.05) is 23.3 Å². The number of aromatic hydroxyl groups is 1. The summed E-state index contributed by atoms with van der Waals surface area (Å²) < 4.78 is 0. The maximum atomic E-state index is 11.9. The van der Waals surface area contributed by atoms with Crippen LogP contribution in [0.3, 0.4) is 0 Å². The van der Waals surface area contributed by atoms with Crippen LogP contribution in [0.5, 0.6) is 5.75 Å². The Morgan fingerprint density at radius 2 is 2.33 bits per heavy atom. The third-order valence-corrected chi connectivity index (χ3v) is 3.07. The van der Waals surface area contributed by atoms with E-state index >= 15 is 0 Å². The summed E-state index contributed by atoms with van der Waals surface area (Å²) in [6, 6.07) is 4.42. The minimum absolute atomic E-state index is 0.0591. The highest BCUT2D eigenvalue weighted by molar-refractivity contribution is 6.31. The van der Waals surface area contributed by atoms with Crippen LogP contribution in [0.2, 0.25) is 5.02 Å². The van der Waals surface area contributed by atoms with Gasteiger partial charge in [-0.25, -0.2) is 0 Å². The summed E-state index contributed by atoms with van der Waals surface area (Å²) >= 11 is 5.80. The smallest absolute Gasteiger partial charge is 0.255 e. The Labute approximate surface area is 111 Å². The molecule has 0 aromatic heterocycles. The Bertz CT molecular complexity index is 486. The van der Waals surface area contributed by atoms with Crippen molar-refractivity contribution in [3.8, 4) is 5.75 Å². The van der Waals surface area contributed by atoms with Gasteiger partial charge in [-0.2, -0.15) is 0 Å². The summed E-state index contributed by atoms with van der Waals surface area (Å²) in [7, 11) is 0. The van der Waals surface area contributed by atoms with Gasteiger partial charge in [0.1, 0.15) is 5.75 Å². The topological polar surface area (TPSA) is 61.4 Å². The third kappa shape index (κ3) is 3.24. The summed E-state index contributed by atoms with van der Waals surface area (Å²) in [5.41, 5.74) is 1.40. The standard InChI is InChI=1S/C13H15ClN2O2/c14-10-1-2-12(17)11(7-10)13(18)16-8-9-3-5-15-6-4-9/h1-3,7,15,17H,4-6,8H2,(H,16,18).